The number of likely N-dealkylation sites (tertiary alicyclic amines) is 1. The zero-order valence-electron chi connectivity index (χ0n) is 10.8. The molecule has 1 saturated heterocycles. The minimum atomic E-state index is -0.828. The number of carbonyl (C=O) groups excluding carboxylic acids is 1. The Hall–Kier alpha value is -1.30. The third-order valence-electron chi connectivity index (χ3n) is 3.28. The van der Waals surface area contributed by atoms with Crippen LogP contribution in [0.2, 0.25) is 0 Å². The Bertz CT molecular complexity index is 296. The summed E-state index contributed by atoms with van der Waals surface area (Å²) >= 11 is 0. The van der Waals surface area contributed by atoms with E-state index in [2.05, 4.69) is 0 Å². The molecule has 0 aromatic rings. The highest BCUT2D eigenvalue weighted by atomic mass is 16.4. The monoisotopic (exact) mass is 258 g/mol. The maximum absolute atomic E-state index is 12.2. The summed E-state index contributed by atoms with van der Waals surface area (Å²) in [5.74, 6) is -1.27. The third-order valence-corrected chi connectivity index (χ3v) is 3.28. The largest absolute Gasteiger partial charge is 0.481 e. The number of nitrogens with zero attached hydrogens (tertiary/aromatic N) is 2. The molecule has 1 atom stereocenters. The van der Waals surface area contributed by atoms with E-state index in [4.69, 9.17) is 10.2 Å². The van der Waals surface area contributed by atoms with Crippen molar-refractivity contribution in [1.82, 2.24) is 9.80 Å². The van der Waals surface area contributed by atoms with Gasteiger partial charge in [0.25, 0.3) is 0 Å². The summed E-state index contributed by atoms with van der Waals surface area (Å²) in [6.45, 7) is 3.95. The normalized spacial score (nSPS) is 19.7. The molecule has 6 nitrogen and oxygen atoms in total. The zero-order valence-corrected chi connectivity index (χ0v) is 10.8. The first-order valence-corrected chi connectivity index (χ1v) is 6.47. The van der Waals surface area contributed by atoms with Gasteiger partial charge in [0.15, 0.2) is 0 Å². The van der Waals surface area contributed by atoms with Crippen molar-refractivity contribution in [1.29, 1.82) is 0 Å². The molecule has 1 aliphatic rings. The topological polar surface area (TPSA) is 81.1 Å². The van der Waals surface area contributed by atoms with Crippen LogP contribution in [0.4, 0.5) is 4.79 Å². The van der Waals surface area contributed by atoms with Crippen molar-refractivity contribution in [3.63, 3.8) is 0 Å². The Balaban J connectivity index is 2.55. The van der Waals surface area contributed by atoms with Crippen LogP contribution in [-0.2, 0) is 4.79 Å². The number of aliphatic hydroxyl groups excluding tert-OH is 1. The van der Waals surface area contributed by atoms with Crippen LogP contribution in [0.15, 0.2) is 0 Å². The van der Waals surface area contributed by atoms with Crippen LogP contribution in [0, 0.1) is 5.92 Å². The lowest BCUT2D eigenvalue weighted by atomic mass is 9.98. The molecule has 6 heteroatoms. The fourth-order valence-electron chi connectivity index (χ4n) is 2.20. The van der Waals surface area contributed by atoms with Gasteiger partial charge in [0.1, 0.15) is 0 Å². The van der Waals surface area contributed by atoms with Crippen molar-refractivity contribution in [3.05, 3.63) is 0 Å². The molecule has 1 aliphatic heterocycles. The first-order valence-electron chi connectivity index (χ1n) is 6.47. The quantitative estimate of drug-likeness (QED) is 0.757. The van der Waals surface area contributed by atoms with Gasteiger partial charge in [0.05, 0.1) is 5.92 Å². The van der Waals surface area contributed by atoms with Crippen LogP contribution in [0.1, 0.15) is 26.2 Å². The second kappa shape index (κ2) is 7.20. The summed E-state index contributed by atoms with van der Waals surface area (Å²) in [5.41, 5.74) is 0. The number of amides is 2. The Labute approximate surface area is 107 Å². The number of aliphatic hydroxyl groups is 1. The minimum Gasteiger partial charge on any atom is -0.481 e. The van der Waals surface area contributed by atoms with Gasteiger partial charge in [-0.2, -0.15) is 0 Å². The minimum absolute atomic E-state index is 0.0571. The number of carboxylic acid groups (broad SMARTS) is 1. The van der Waals surface area contributed by atoms with Gasteiger partial charge in [-0.15, -0.1) is 0 Å². The van der Waals surface area contributed by atoms with Crippen molar-refractivity contribution in [3.8, 4) is 0 Å². The van der Waals surface area contributed by atoms with Gasteiger partial charge in [0.2, 0.25) is 0 Å². The number of aliphatic carboxylic acids is 1. The number of hydrogen-bond acceptors (Lipinski definition) is 3. The van der Waals surface area contributed by atoms with E-state index in [-0.39, 0.29) is 12.6 Å². The smallest absolute Gasteiger partial charge is 0.320 e. The molecule has 0 unspecified atom stereocenters. The number of hydrogen-bond donors (Lipinski definition) is 2. The lowest BCUT2D eigenvalue weighted by Crippen LogP contribution is -2.49. The molecule has 0 aliphatic carbocycles. The molecule has 1 fully saturated rings. The molecular formula is C12H22N2O4. The van der Waals surface area contributed by atoms with Crippen molar-refractivity contribution in [2.45, 2.75) is 26.2 Å². The van der Waals surface area contributed by atoms with Gasteiger partial charge in [-0.05, 0) is 26.2 Å². The second-order valence-electron chi connectivity index (χ2n) is 4.56. The summed E-state index contributed by atoms with van der Waals surface area (Å²) in [6, 6.07) is -0.114. The van der Waals surface area contributed by atoms with Gasteiger partial charge >= 0.3 is 12.0 Å². The number of carbonyl (C=O) groups is 2. The average Bonchev–Trinajstić information content (AvgIpc) is 2.39. The number of urea groups is 1. The summed E-state index contributed by atoms with van der Waals surface area (Å²) in [7, 11) is 0. The summed E-state index contributed by atoms with van der Waals surface area (Å²) in [5, 5.41) is 17.8. The molecule has 2 amide bonds. The zero-order chi connectivity index (χ0) is 13.5. The van der Waals surface area contributed by atoms with E-state index in [9.17, 15) is 9.59 Å². The van der Waals surface area contributed by atoms with Crippen LogP contribution < -0.4 is 0 Å². The Morgan fingerprint density at radius 2 is 2.17 bits per heavy atom. The van der Waals surface area contributed by atoms with Crippen molar-refractivity contribution in [2.24, 2.45) is 5.92 Å². The van der Waals surface area contributed by atoms with E-state index >= 15 is 0 Å². The molecule has 0 spiro atoms. The van der Waals surface area contributed by atoms with Crippen LogP contribution in [0.3, 0.4) is 0 Å². The van der Waals surface area contributed by atoms with Gasteiger partial charge in [-0.1, -0.05) is 0 Å². The maximum atomic E-state index is 12.2. The maximum Gasteiger partial charge on any atom is 0.320 e. The van der Waals surface area contributed by atoms with E-state index in [1.165, 1.54) is 0 Å². The molecule has 2 N–H and O–H groups in total. The van der Waals surface area contributed by atoms with Crippen LogP contribution in [0.25, 0.3) is 0 Å². The van der Waals surface area contributed by atoms with Gasteiger partial charge in [0, 0.05) is 32.8 Å². The summed E-state index contributed by atoms with van der Waals surface area (Å²) < 4.78 is 0. The Morgan fingerprint density at radius 1 is 1.44 bits per heavy atom. The molecule has 1 rings (SSSR count). The molecule has 0 aromatic carbocycles. The number of rotatable bonds is 5. The first-order chi connectivity index (χ1) is 8.60. The summed E-state index contributed by atoms with van der Waals surface area (Å²) in [4.78, 5) is 26.4. The number of piperidine rings is 1. The highest BCUT2D eigenvalue weighted by molar-refractivity contribution is 5.76. The van der Waals surface area contributed by atoms with Gasteiger partial charge < -0.3 is 20.0 Å². The van der Waals surface area contributed by atoms with E-state index < -0.39 is 11.9 Å². The Kier molecular flexibility index (Phi) is 5.91. The van der Waals surface area contributed by atoms with Crippen LogP contribution >= 0.6 is 0 Å². The molecule has 1 heterocycles. The fourth-order valence-corrected chi connectivity index (χ4v) is 2.20. The lowest BCUT2D eigenvalue weighted by Gasteiger charge is -2.34. The predicted molar refractivity (Wildman–Crippen MR) is 66.3 cm³/mol. The van der Waals surface area contributed by atoms with Gasteiger partial charge in [-0.25, -0.2) is 4.79 Å². The molecule has 0 aromatic heterocycles. The lowest BCUT2D eigenvalue weighted by molar-refractivity contribution is -0.143. The predicted octanol–water partition coefficient (Wildman–Crippen LogP) is 0.607. The third kappa shape index (κ3) is 3.87. The molecular weight excluding hydrogens is 236 g/mol. The van der Waals surface area contributed by atoms with E-state index in [0.717, 1.165) is 6.42 Å². The fraction of sp³-hybridized carbons (Fsp3) is 0.833. The molecule has 104 valence electrons. The molecule has 18 heavy (non-hydrogen) atoms. The van der Waals surface area contributed by atoms with Crippen molar-refractivity contribution in [2.75, 3.05) is 32.8 Å². The van der Waals surface area contributed by atoms with Gasteiger partial charge in [-0.3, -0.25) is 4.79 Å². The molecule has 0 bridgehead atoms. The standard InChI is InChI=1S/C12H22N2O4/c1-2-13(7-4-8-15)12(18)14-6-3-5-10(9-14)11(16)17/h10,15H,2-9H2,1H3,(H,16,17)/t10-/m1/s1. The van der Waals surface area contributed by atoms with Crippen molar-refractivity contribution >= 4 is 12.0 Å². The van der Waals surface area contributed by atoms with Crippen LogP contribution in [0.5, 0.6) is 0 Å². The highest BCUT2D eigenvalue weighted by Crippen LogP contribution is 2.18. The van der Waals surface area contributed by atoms with Crippen molar-refractivity contribution < 1.29 is 19.8 Å². The second-order valence-corrected chi connectivity index (χ2v) is 4.56. The first kappa shape index (κ1) is 14.8. The average molecular weight is 258 g/mol. The van der Waals surface area contributed by atoms with E-state index in [0.29, 0.717) is 39.0 Å². The SMILES string of the molecule is CCN(CCCO)C(=O)N1CCC[C@@H](C(=O)O)C1. The van der Waals surface area contributed by atoms with Crippen LogP contribution in [-0.4, -0.2) is 64.8 Å². The molecule has 0 saturated carbocycles. The number of carboxylic acids is 1. The highest BCUT2D eigenvalue weighted by Gasteiger charge is 2.29. The Morgan fingerprint density at radius 3 is 2.72 bits per heavy atom. The summed E-state index contributed by atoms with van der Waals surface area (Å²) in [6.07, 6.45) is 1.93. The van der Waals surface area contributed by atoms with E-state index in [1.807, 2.05) is 6.92 Å². The van der Waals surface area contributed by atoms with E-state index in [1.54, 1.807) is 9.80 Å². The molecule has 0 radical (unpaired) electrons.